The van der Waals surface area contributed by atoms with E-state index in [9.17, 15) is 9.59 Å². The number of esters is 1. The van der Waals surface area contributed by atoms with Gasteiger partial charge in [0.15, 0.2) is 0 Å². The van der Waals surface area contributed by atoms with E-state index in [0.29, 0.717) is 6.61 Å². The molecule has 0 fully saturated rings. The van der Waals surface area contributed by atoms with Crippen molar-refractivity contribution in [3.8, 4) is 0 Å². The van der Waals surface area contributed by atoms with E-state index >= 15 is 0 Å². The zero-order valence-electron chi connectivity index (χ0n) is 8.41. The van der Waals surface area contributed by atoms with Crippen LogP contribution in [0.1, 0.15) is 13.8 Å². The number of nitrogens with two attached hydrogens (primary N) is 1. The minimum absolute atomic E-state index is 0.213. The molecule has 0 bridgehead atoms. The van der Waals surface area contributed by atoms with Gasteiger partial charge in [0.25, 0.3) is 0 Å². The van der Waals surface area contributed by atoms with E-state index in [1.807, 2.05) is 0 Å². The molecule has 0 aliphatic carbocycles. The molecule has 0 spiro atoms. The summed E-state index contributed by atoms with van der Waals surface area (Å²) in [6, 6.07) is 0. The van der Waals surface area contributed by atoms with Crippen molar-refractivity contribution in [1.82, 2.24) is 5.48 Å². The summed E-state index contributed by atoms with van der Waals surface area (Å²) in [5.74, 6) is -1.19. The van der Waals surface area contributed by atoms with E-state index in [1.54, 1.807) is 13.8 Å². The largest absolute Gasteiger partial charge is 0.466 e. The lowest BCUT2D eigenvalue weighted by Gasteiger charge is -2.10. The molecule has 3 N–H and O–H groups in total. The fraction of sp³-hybridized carbons (Fsp3) is 0.750. The Hall–Kier alpha value is -1.14. The molecule has 0 aliphatic heterocycles. The predicted molar refractivity (Wildman–Crippen MR) is 48.9 cm³/mol. The number of primary amides is 1. The molecule has 1 amide bonds. The molecule has 6 heteroatoms. The average molecular weight is 204 g/mol. The average Bonchev–Trinajstić information content (AvgIpc) is 2.12. The molecule has 82 valence electrons. The van der Waals surface area contributed by atoms with Crippen molar-refractivity contribution < 1.29 is 19.2 Å². The van der Waals surface area contributed by atoms with Gasteiger partial charge in [0.2, 0.25) is 5.91 Å². The minimum Gasteiger partial charge on any atom is -0.466 e. The van der Waals surface area contributed by atoms with Crippen LogP contribution < -0.4 is 11.2 Å². The van der Waals surface area contributed by atoms with Gasteiger partial charge in [0.05, 0.1) is 12.5 Å². The van der Waals surface area contributed by atoms with Crippen molar-refractivity contribution in [2.75, 3.05) is 19.8 Å². The van der Waals surface area contributed by atoms with Gasteiger partial charge < -0.3 is 10.5 Å². The summed E-state index contributed by atoms with van der Waals surface area (Å²) in [6.07, 6.45) is 0. The second-order valence-corrected chi connectivity index (χ2v) is 2.76. The Balaban J connectivity index is 3.48. The predicted octanol–water partition coefficient (Wildman–Crippen LogP) is -0.808. The lowest BCUT2D eigenvalue weighted by molar-refractivity contribution is -0.148. The van der Waals surface area contributed by atoms with Crippen LogP contribution in [0.4, 0.5) is 0 Å². The molecule has 0 heterocycles. The molecule has 0 aromatic rings. The lowest BCUT2D eigenvalue weighted by Crippen LogP contribution is -2.31. The highest BCUT2D eigenvalue weighted by atomic mass is 16.6. The Bertz CT molecular complexity index is 196. The van der Waals surface area contributed by atoms with Crippen LogP contribution in [-0.2, 0) is 19.2 Å². The lowest BCUT2D eigenvalue weighted by atomic mass is 10.2. The van der Waals surface area contributed by atoms with Crippen molar-refractivity contribution in [2.24, 2.45) is 11.7 Å². The summed E-state index contributed by atoms with van der Waals surface area (Å²) in [7, 11) is 0. The van der Waals surface area contributed by atoms with Crippen LogP contribution in [0.3, 0.4) is 0 Å². The second-order valence-electron chi connectivity index (χ2n) is 2.76. The van der Waals surface area contributed by atoms with Gasteiger partial charge in [-0.3, -0.25) is 14.4 Å². The monoisotopic (exact) mass is 204 g/mol. The molecule has 0 aromatic heterocycles. The number of nitrogens with one attached hydrogen (secondary N) is 1. The van der Waals surface area contributed by atoms with E-state index in [2.05, 4.69) is 10.3 Å². The van der Waals surface area contributed by atoms with Crippen molar-refractivity contribution >= 4 is 11.9 Å². The van der Waals surface area contributed by atoms with Crippen molar-refractivity contribution in [3.05, 3.63) is 0 Å². The highest BCUT2D eigenvalue weighted by molar-refractivity contribution is 5.75. The van der Waals surface area contributed by atoms with Crippen molar-refractivity contribution in [3.63, 3.8) is 0 Å². The van der Waals surface area contributed by atoms with Crippen molar-refractivity contribution in [2.45, 2.75) is 13.8 Å². The van der Waals surface area contributed by atoms with Gasteiger partial charge in [-0.25, -0.2) is 5.48 Å². The third kappa shape index (κ3) is 6.38. The standard InChI is InChI=1S/C8H16N2O4/c1-3-13-8(12)6(2)4-10-14-5-7(9)11/h6,10H,3-5H2,1-2H3,(H2,9,11). The number of amides is 1. The molecule has 0 aromatic carbocycles. The number of carbonyl (C=O) groups excluding carboxylic acids is 2. The van der Waals surface area contributed by atoms with Crippen LogP contribution >= 0.6 is 0 Å². The van der Waals surface area contributed by atoms with E-state index in [0.717, 1.165) is 0 Å². The maximum atomic E-state index is 11.1. The molecule has 0 aliphatic rings. The Morgan fingerprint density at radius 2 is 2.14 bits per heavy atom. The van der Waals surface area contributed by atoms with Gasteiger partial charge in [0.1, 0.15) is 6.61 Å². The first kappa shape index (κ1) is 12.9. The van der Waals surface area contributed by atoms with Crippen LogP contribution in [0.15, 0.2) is 0 Å². The van der Waals surface area contributed by atoms with Crippen molar-refractivity contribution in [1.29, 1.82) is 0 Å². The molecule has 0 radical (unpaired) electrons. The van der Waals surface area contributed by atoms with Gasteiger partial charge in [-0.15, -0.1) is 0 Å². The summed E-state index contributed by atoms with van der Waals surface area (Å²) < 4.78 is 4.76. The maximum Gasteiger partial charge on any atom is 0.310 e. The zero-order valence-corrected chi connectivity index (χ0v) is 8.41. The molecule has 1 atom stereocenters. The topological polar surface area (TPSA) is 90.7 Å². The van der Waals surface area contributed by atoms with Crippen LogP contribution in [0, 0.1) is 5.92 Å². The van der Waals surface area contributed by atoms with Gasteiger partial charge >= 0.3 is 5.97 Å². The third-order valence-corrected chi connectivity index (χ3v) is 1.39. The molecule has 1 unspecified atom stereocenters. The summed E-state index contributed by atoms with van der Waals surface area (Å²) in [4.78, 5) is 26.0. The first-order valence-electron chi connectivity index (χ1n) is 4.37. The quantitative estimate of drug-likeness (QED) is 0.321. The number of rotatable bonds is 7. The molecular weight excluding hydrogens is 188 g/mol. The molecule has 14 heavy (non-hydrogen) atoms. The molecule has 0 saturated carbocycles. The Labute approximate surface area is 82.7 Å². The zero-order chi connectivity index (χ0) is 11.0. The Morgan fingerprint density at radius 3 is 2.64 bits per heavy atom. The SMILES string of the molecule is CCOC(=O)C(C)CNOCC(N)=O. The van der Waals surface area contributed by atoms with Crippen LogP contribution in [0.25, 0.3) is 0 Å². The molecule has 0 rings (SSSR count). The number of ether oxygens (including phenoxy) is 1. The van der Waals surface area contributed by atoms with E-state index in [1.165, 1.54) is 0 Å². The molecule has 6 nitrogen and oxygen atoms in total. The second kappa shape index (κ2) is 7.28. The number of carbonyl (C=O) groups is 2. The first-order chi connectivity index (χ1) is 6.57. The van der Waals surface area contributed by atoms with Crippen LogP contribution in [-0.4, -0.2) is 31.6 Å². The number of hydrogen-bond donors (Lipinski definition) is 2. The Kier molecular flexibility index (Phi) is 6.69. The Morgan fingerprint density at radius 1 is 1.50 bits per heavy atom. The van der Waals surface area contributed by atoms with E-state index < -0.39 is 5.91 Å². The molecular formula is C8H16N2O4. The highest BCUT2D eigenvalue weighted by Gasteiger charge is 2.13. The fourth-order valence-electron chi connectivity index (χ4n) is 0.674. The first-order valence-corrected chi connectivity index (χ1v) is 4.37. The smallest absolute Gasteiger partial charge is 0.310 e. The summed E-state index contributed by atoms with van der Waals surface area (Å²) in [5.41, 5.74) is 7.28. The van der Waals surface area contributed by atoms with Gasteiger partial charge in [-0.1, -0.05) is 6.92 Å². The summed E-state index contributed by atoms with van der Waals surface area (Å²) in [6.45, 7) is 3.85. The van der Waals surface area contributed by atoms with Gasteiger partial charge in [0, 0.05) is 6.54 Å². The maximum absolute atomic E-state index is 11.1. The van der Waals surface area contributed by atoms with E-state index in [4.69, 9.17) is 10.5 Å². The number of hydrogen-bond acceptors (Lipinski definition) is 5. The third-order valence-electron chi connectivity index (χ3n) is 1.39. The normalized spacial score (nSPS) is 12.1. The van der Waals surface area contributed by atoms with E-state index in [-0.39, 0.29) is 25.0 Å². The summed E-state index contributed by atoms with van der Waals surface area (Å²) in [5, 5.41) is 0. The minimum atomic E-state index is -0.568. The van der Waals surface area contributed by atoms with Crippen LogP contribution in [0.5, 0.6) is 0 Å². The van der Waals surface area contributed by atoms with Crippen LogP contribution in [0.2, 0.25) is 0 Å². The number of hydroxylamine groups is 1. The molecule has 0 saturated heterocycles. The highest BCUT2D eigenvalue weighted by Crippen LogP contribution is 1.96. The van der Waals surface area contributed by atoms with Gasteiger partial charge in [-0.2, -0.15) is 0 Å². The summed E-state index contributed by atoms with van der Waals surface area (Å²) >= 11 is 0. The van der Waals surface area contributed by atoms with Gasteiger partial charge in [-0.05, 0) is 6.92 Å². The fourth-order valence-corrected chi connectivity index (χ4v) is 0.674.